The summed E-state index contributed by atoms with van der Waals surface area (Å²) in [6.07, 6.45) is 1.13. The first-order valence-corrected chi connectivity index (χ1v) is 7.14. The number of nitrogens with zero attached hydrogens (tertiary/aromatic N) is 1. The Morgan fingerprint density at radius 3 is 2.61 bits per heavy atom. The Bertz CT molecular complexity index is 488. The second kappa shape index (κ2) is 5.53. The topological polar surface area (TPSA) is 24.9 Å². The summed E-state index contributed by atoms with van der Waals surface area (Å²) in [4.78, 5) is 1.35. The van der Waals surface area contributed by atoms with Crippen LogP contribution in [0.2, 0.25) is 0 Å². The summed E-state index contributed by atoms with van der Waals surface area (Å²) >= 11 is 1.60. The number of nitrogens with one attached hydrogen (secondary N) is 1. The van der Waals surface area contributed by atoms with E-state index in [0.29, 0.717) is 0 Å². The van der Waals surface area contributed by atoms with Crippen molar-refractivity contribution in [1.29, 1.82) is 0 Å². The second-order valence-corrected chi connectivity index (χ2v) is 5.96. The van der Waals surface area contributed by atoms with E-state index in [4.69, 9.17) is 0 Å². The average Bonchev–Trinajstić information content (AvgIpc) is 2.87. The third kappa shape index (κ3) is 3.10. The molecule has 0 unspecified atom stereocenters. The summed E-state index contributed by atoms with van der Waals surface area (Å²) in [6, 6.07) is 12.6. The number of rotatable bonds is 5. The second-order valence-electron chi connectivity index (χ2n) is 5.15. The standard InChI is InChI=1S/C15H20N2S/c1-4-15(2,3)13-10-14(17-18-13)16-11-12-8-6-5-7-9-12/h5-10H,4,11H2,1-3H3,(H,16,17). The predicted octanol–water partition coefficient (Wildman–Crippen LogP) is 4.44. The van der Waals surface area contributed by atoms with Gasteiger partial charge in [0.2, 0.25) is 0 Å². The van der Waals surface area contributed by atoms with Crippen molar-refractivity contribution in [3.05, 3.63) is 46.8 Å². The van der Waals surface area contributed by atoms with E-state index in [1.165, 1.54) is 10.4 Å². The van der Waals surface area contributed by atoms with Crippen LogP contribution in [-0.2, 0) is 12.0 Å². The Morgan fingerprint density at radius 2 is 1.94 bits per heavy atom. The molecule has 3 heteroatoms. The summed E-state index contributed by atoms with van der Waals surface area (Å²) in [7, 11) is 0. The molecular weight excluding hydrogens is 240 g/mol. The van der Waals surface area contributed by atoms with Gasteiger partial charge in [-0.05, 0) is 29.6 Å². The van der Waals surface area contributed by atoms with Gasteiger partial charge in [-0.3, -0.25) is 0 Å². The van der Waals surface area contributed by atoms with Crippen LogP contribution < -0.4 is 5.32 Å². The van der Waals surface area contributed by atoms with Gasteiger partial charge >= 0.3 is 0 Å². The monoisotopic (exact) mass is 260 g/mol. The molecular formula is C15H20N2S. The van der Waals surface area contributed by atoms with E-state index in [2.05, 4.69) is 60.8 Å². The number of benzene rings is 1. The molecule has 2 nitrogen and oxygen atoms in total. The van der Waals surface area contributed by atoms with E-state index in [1.54, 1.807) is 11.5 Å². The fourth-order valence-corrected chi connectivity index (χ4v) is 2.51. The van der Waals surface area contributed by atoms with E-state index in [0.717, 1.165) is 18.8 Å². The van der Waals surface area contributed by atoms with Gasteiger partial charge < -0.3 is 5.32 Å². The van der Waals surface area contributed by atoms with E-state index in [9.17, 15) is 0 Å². The molecule has 0 spiro atoms. The van der Waals surface area contributed by atoms with Gasteiger partial charge in [-0.1, -0.05) is 51.1 Å². The molecule has 1 aromatic carbocycles. The van der Waals surface area contributed by atoms with Crippen molar-refractivity contribution in [3.8, 4) is 0 Å². The van der Waals surface area contributed by atoms with E-state index in [-0.39, 0.29) is 5.41 Å². The maximum atomic E-state index is 4.48. The van der Waals surface area contributed by atoms with Crippen LogP contribution in [0.5, 0.6) is 0 Å². The fourth-order valence-electron chi connectivity index (χ4n) is 1.64. The molecule has 0 aliphatic carbocycles. The van der Waals surface area contributed by atoms with Crippen LogP contribution in [0.4, 0.5) is 5.82 Å². The van der Waals surface area contributed by atoms with Crippen molar-refractivity contribution in [2.24, 2.45) is 0 Å². The number of aromatic nitrogens is 1. The lowest BCUT2D eigenvalue weighted by Crippen LogP contribution is -2.13. The Hall–Kier alpha value is -1.35. The molecule has 1 N–H and O–H groups in total. The first kappa shape index (κ1) is 13.1. The summed E-state index contributed by atoms with van der Waals surface area (Å²) in [5.41, 5.74) is 1.51. The minimum Gasteiger partial charge on any atom is -0.365 e. The van der Waals surface area contributed by atoms with Crippen molar-refractivity contribution in [1.82, 2.24) is 4.37 Å². The summed E-state index contributed by atoms with van der Waals surface area (Å²) in [5, 5.41) is 3.38. The van der Waals surface area contributed by atoms with Crippen LogP contribution in [0, 0.1) is 0 Å². The van der Waals surface area contributed by atoms with Gasteiger partial charge in [0.15, 0.2) is 0 Å². The van der Waals surface area contributed by atoms with E-state index >= 15 is 0 Å². The Morgan fingerprint density at radius 1 is 1.22 bits per heavy atom. The van der Waals surface area contributed by atoms with E-state index in [1.807, 2.05) is 6.07 Å². The van der Waals surface area contributed by atoms with Gasteiger partial charge in [-0.2, -0.15) is 4.37 Å². The molecule has 0 aliphatic rings. The molecule has 1 heterocycles. The highest BCUT2D eigenvalue weighted by Crippen LogP contribution is 2.31. The molecule has 96 valence electrons. The number of hydrogen-bond donors (Lipinski definition) is 1. The van der Waals surface area contributed by atoms with Crippen molar-refractivity contribution in [2.45, 2.75) is 39.2 Å². The highest BCUT2D eigenvalue weighted by molar-refractivity contribution is 7.06. The zero-order valence-electron chi connectivity index (χ0n) is 11.2. The van der Waals surface area contributed by atoms with Gasteiger partial charge in [-0.25, -0.2) is 0 Å². The zero-order chi connectivity index (χ0) is 13.0. The van der Waals surface area contributed by atoms with Crippen molar-refractivity contribution >= 4 is 17.4 Å². The van der Waals surface area contributed by atoms with Crippen LogP contribution >= 0.6 is 11.5 Å². The SMILES string of the molecule is CCC(C)(C)c1cc(NCc2ccccc2)ns1. The lowest BCUT2D eigenvalue weighted by Gasteiger charge is -2.19. The molecule has 18 heavy (non-hydrogen) atoms. The Kier molecular flexibility index (Phi) is 4.02. The Labute approximate surface area is 113 Å². The minimum atomic E-state index is 0.227. The third-order valence-corrected chi connectivity index (χ3v) is 4.53. The highest BCUT2D eigenvalue weighted by atomic mass is 32.1. The molecule has 1 aromatic heterocycles. The van der Waals surface area contributed by atoms with Gasteiger partial charge in [0.25, 0.3) is 0 Å². The molecule has 2 rings (SSSR count). The van der Waals surface area contributed by atoms with E-state index < -0.39 is 0 Å². The van der Waals surface area contributed by atoms with Crippen molar-refractivity contribution in [3.63, 3.8) is 0 Å². The molecule has 0 saturated heterocycles. The van der Waals surface area contributed by atoms with Crippen molar-refractivity contribution in [2.75, 3.05) is 5.32 Å². The van der Waals surface area contributed by atoms with Gasteiger partial charge in [0, 0.05) is 16.8 Å². The number of hydrogen-bond acceptors (Lipinski definition) is 3. The van der Waals surface area contributed by atoms with Crippen LogP contribution in [0.1, 0.15) is 37.6 Å². The quantitative estimate of drug-likeness (QED) is 0.859. The minimum absolute atomic E-state index is 0.227. The average molecular weight is 260 g/mol. The smallest absolute Gasteiger partial charge is 0.140 e. The van der Waals surface area contributed by atoms with Crippen molar-refractivity contribution < 1.29 is 0 Å². The van der Waals surface area contributed by atoms with Gasteiger partial charge in [0.05, 0.1) is 0 Å². The lowest BCUT2D eigenvalue weighted by molar-refractivity contribution is 0.517. The largest absolute Gasteiger partial charge is 0.365 e. The first-order valence-electron chi connectivity index (χ1n) is 6.37. The molecule has 0 saturated carbocycles. The van der Waals surface area contributed by atoms with Crippen LogP contribution in [-0.4, -0.2) is 4.37 Å². The molecule has 0 atom stereocenters. The molecule has 0 radical (unpaired) electrons. The molecule has 0 amide bonds. The molecule has 0 aliphatic heterocycles. The summed E-state index contributed by atoms with van der Waals surface area (Å²) in [6.45, 7) is 7.58. The van der Waals surface area contributed by atoms with Gasteiger partial charge in [0.1, 0.15) is 5.82 Å². The third-order valence-electron chi connectivity index (χ3n) is 3.38. The molecule has 0 bridgehead atoms. The maximum absolute atomic E-state index is 4.48. The zero-order valence-corrected chi connectivity index (χ0v) is 12.1. The van der Waals surface area contributed by atoms with Gasteiger partial charge in [-0.15, -0.1) is 0 Å². The predicted molar refractivity (Wildman–Crippen MR) is 79.2 cm³/mol. The van der Waals surface area contributed by atoms with Crippen LogP contribution in [0.3, 0.4) is 0 Å². The fraction of sp³-hybridized carbons (Fsp3) is 0.400. The Balaban J connectivity index is 1.99. The maximum Gasteiger partial charge on any atom is 0.140 e. The summed E-state index contributed by atoms with van der Waals surface area (Å²) in [5.74, 6) is 0.986. The molecule has 2 aromatic rings. The number of anilines is 1. The lowest BCUT2D eigenvalue weighted by atomic mass is 9.89. The first-order chi connectivity index (χ1) is 8.62. The molecule has 0 fully saturated rings. The highest BCUT2D eigenvalue weighted by Gasteiger charge is 2.20. The van der Waals surface area contributed by atoms with Crippen LogP contribution in [0.25, 0.3) is 0 Å². The normalized spacial score (nSPS) is 11.5. The summed E-state index contributed by atoms with van der Waals surface area (Å²) < 4.78 is 4.48. The van der Waals surface area contributed by atoms with Crippen LogP contribution in [0.15, 0.2) is 36.4 Å².